The van der Waals surface area contributed by atoms with Crippen molar-refractivity contribution in [1.82, 2.24) is 15.1 Å². The fourth-order valence-corrected chi connectivity index (χ4v) is 3.43. The average molecular weight is 434 g/mol. The van der Waals surface area contributed by atoms with Crippen LogP contribution in [0.3, 0.4) is 0 Å². The Morgan fingerprint density at radius 1 is 1.40 bits per heavy atom. The summed E-state index contributed by atoms with van der Waals surface area (Å²) < 4.78 is 42.8. The topological polar surface area (TPSA) is 114 Å². The number of rotatable bonds is 4. The lowest BCUT2D eigenvalue weighted by molar-refractivity contribution is -0.192. The van der Waals surface area contributed by atoms with Crippen molar-refractivity contribution >= 4 is 17.7 Å². The van der Waals surface area contributed by atoms with Gasteiger partial charge < -0.3 is 24.8 Å². The first-order chi connectivity index (χ1) is 14.0. The summed E-state index contributed by atoms with van der Waals surface area (Å²) in [6.45, 7) is 4.11. The van der Waals surface area contributed by atoms with E-state index in [-0.39, 0.29) is 24.2 Å². The number of halogens is 3. The number of ether oxygens (including phenoxy) is 2. The molecule has 2 saturated heterocycles. The van der Waals surface area contributed by atoms with E-state index in [0.717, 1.165) is 37.3 Å². The minimum atomic E-state index is -5.08. The molecule has 0 radical (unpaired) electrons. The zero-order chi connectivity index (χ0) is 22.4. The largest absolute Gasteiger partial charge is 0.490 e. The van der Waals surface area contributed by atoms with Gasteiger partial charge in [0.25, 0.3) is 0 Å². The third-order valence-electron chi connectivity index (χ3n) is 4.76. The number of hydrogen-bond donors (Lipinski definition) is 2. The van der Waals surface area contributed by atoms with Gasteiger partial charge in [0.05, 0.1) is 23.9 Å². The second-order valence-electron chi connectivity index (χ2n) is 7.25. The number of likely N-dealkylation sites (tertiary alicyclic amines) is 1. The molecule has 9 nitrogen and oxygen atoms in total. The third-order valence-corrected chi connectivity index (χ3v) is 4.76. The van der Waals surface area contributed by atoms with Crippen LogP contribution in [-0.4, -0.2) is 83.3 Å². The van der Waals surface area contributed by atoms with E-state index in [1.165, 1.54) is 0 Å². The van der Waals surface area contributed by atoms with E-state index < -0.39 is 12.1 Å². The molecule has 2 N–H and O–H groups in total. The van der Waals surface area contributed by atoms with Crippen molar-refractivity contribution in [3.8, 4) is 0 Å². The molecule has 2 aliphatic heterocycles. The number of alkyl halides is 3. The number of aliphatic carboxylic acids is 1. The summed E-state index contributed by atoms with van der Waals surface area (Å²) in [4.78, 5) is 22.8. The molecule has 2 atom stereocenters. The van der Waals surface area contributed by atoms with Crippen molar-refractivity contribution in [3.63, 3.8) is 0 Å². The maximum absolute atomic E-state index is 12.1. The number of anilines is 1. The van der Waals surface area contributed by atoms with E-state index in [9.17, 15) is 18.0 Å². The molecule has 1 aromatic heterocycles. The predicted octanol–water partition coefficient (Wildman–Crippen LogP) is 1.63. The summed E-state index contributed by atoms with van der Waals surface area (Å²) in [6.07, 6.45) is -2.26. The second kappa shape index (κ2) is 10.0. The summed E-state index contributed by atoms with van der Waals surface area (Å²) in [5, 5.41) is 18.7. The van der Waals surface area contributed by atoms with Crippen LogP contribution < -0.4 is 5.32 Å². The van der Waals surface area contributed by atoms with Gasteiger partial charge >= 0.3 is 12.1 Å². The van der Waals surface area contributed by atoms with Crippen LogP contribution in [0.1, 0.15) is 25.0 Å². The lowest BCUT2D eigenvalue weighted by Gasteiger charge is -2.39. The fourth-order valence-electron chi connectivity index (χ4n) is 3.43. The first-order valence-corrected chi connectivity index (χ1v) is 9.32. The first-order valence-electron chi connectivity index (χ1n) is 9.32. The number of amides is 1. The number of nitrogens with zero attached hydrogens (tertiary/aromatic N) is 3. The van der Waals surface area contributed by atoms with Crippen LogP contribution in [0.4, 0.5) is 19.0 Å². The number of piperidine rings is 1. The highest BCUT2D eigenvalue weighted by atomic mass is 19.4. The van der Waals surface area contributed by atoms with Gasteiger partial charge in [-0.2, -0.15) is 18.3 Å². The lowest BCUT2D eigenvalue weighted by atomic mass is 9.88. The van der Waals surface area contributed by atoms with Crippen LogP contribution in [0.25, 0.3) is 0 Å². The van der Waals surface area contributed by atoms with Crippen molar-refractivity contribution in [1.29, 1.82) is 0 Å². The van der Waals surface area contributed by atoms with Gasteiger partial charge in [-0.3, -0.25) is 4.79 Å². The zero-order valence-corrected chi connectivity index (χ0v) is 16.7. The lowest BCUT2D eigenvalue weighted by Crippen LogP contribution is -2.51. The Morgan fingerprint density at radius 3 is 2.67 bits per heavy atom. The number of nitrogens with one attached hydrogen (secondary N) is 1. The molecular weight excluding hydrogens is 409 g/mol. The summed E-state index contributed by atoms with van der Waals surface area (Å²) in [5.41, 5.74) is 0.659. The average Bonchev–Trinajstić information content (AvgIpc) is 3.05. The standard InChI is InChI=1S/C16H24N4O3.C2HF3O2/c1-12-4-5-14(19-18-12)17-13-8-16(23-9-13)6-3-7-20(11-16)15(21)10-22-2;3-2(4,5)1(6)7/h4-5,13H,3,6-11H2,1-2H3,(H,17,19);(H,6,7). The molecule has 1 aromatic rings. The Balaban J connectivity index is 0.000000396. The number of carbonyl (C=O) groups is 2. The van der Waals surface area contributed by atoms with Crippen molar-refractivity contribution in [3.05, 3.63) is 17.8 Å². The zero-order valence-electron chi connectivity index (χ0n) is 16.7. The third kappa shape index (κ3) is 6.80. The van der Waals surface area contributed by atoms with Crippen LogP contribution in [-0.2, 0) is 19.1 Å². The molecule has 2 aliphatic rings. The molecule has 1 spiro atoms. The van der Waals surface area contributed by atoms with Gasteiger partial charge in [0.2, 0.25) is 5.91 Å². The summed E-state index contributed by atoms with van der Waals surface area (Å²) >= 11 is 0. The monoisotopic (exact) mass is 434 g/mol. The van der Waals surface area contributed by atoms with Crippen molar-refractivity contribution < 1.29 is 37.3 Å². The number of carboxylic acid groups (broad SMARTS) is 1. The normalized spacial score (nSPS) is 23.6. The molecule has 0 aliphatic carbocycles. The molecule has 0 saturated carbocycles. The Kier molecular flexibility index (Phi) is 7.96. The van der Waals surface area contributed by atoms with Gasteiger partial charge in [-0.05, 0) is 31.9 Å². The van der Waals surface area contributed by atoms with E-state index in [1.54, 1.807) is 7.11 Å². The number of carboxylic acids is 1. The molecule has 2 fully saturated rings. The van der Waals surface area contributed by atoms with E-state index in [2.05, 4.69) is 15.5 Å². The SMILES string of the molecule is COCC(=O)N1CCCC2(CC(Nc3ccc(C)nn3)CO2)C1.O=C(O)C(F)(F)F. The molecule has 1 amide bonds. The Bertz CT molecular complexity index is 732. The molecule has 2 unspecified atom stereocenters. The Labute approximate surface area is 171 Å². The number of aromatic nitrogens is 2. The highest BCUT2D eigenvalue weighted by molar-refractivity contribution is 5.77. The second-order valence-corrected chi connectivity index (χ2v) is 7.25. The number of carbonyl (C=O) groups excluding carboxylic acids is 1. The van der Waals surface area contributed by atoms with Gasteiger partial charge in [0.1, 0.15) is 12.4 Å². The van der Waals surface area contributed by atoms with Crippen molar-refractivity contribution in [2.75, 3.05) is 38.7 Å². The Morgan fingerprint density at radius 2 is 2.10 bits per heavy atom. The van der Waals surface area contributed by atoms with Gasteiger partial charge in [-0.25, -0.2) is 4.79 Å². The van der Waals surface area contributed by atoms with Crippen molar-refractivity contribution in [2.24, 2.45) is 0 Å². The Hall–Kier alpha value is -2.47. The summed E-state index contributed by atoms with van der Waals surface area (Å²) in [5.74, 6) is -1.95. The smallest absolute Gasteiger partial charge is 0.475 e. The van der Waals surface area contributed by atoms with Crippen LogP contribution in [0.15, 0.2) is 12.1 Å². The quantitative estimate of drug-likeness (QED) is 0.735. The van der Waals surface area contributed by atoms with Crippen LogP contribution in [0, 0.1) is 6.92 Å². The number of hydrogen-bond acceptors (Lipinski definition) is 7. The maximum atomic E-state index is 12.1. The van der Waals surface area contributed by atoms with E-state index >= 15 is 0 Å². The minimum absolute atomic E-state index is 0.0379. The molecule has 0 bridgehead atoms. The molecule has 0 aromatic carbocycles. The van der Waals surface area contributed by atoms with Gasteiger partial charge in [-0.15, -0.1) is 5.10 Å². The summed E-state index contributed by atoms with van der Waals surface area (Å²) in [6, 6.07) is 4.07. The fraction of sp³-hybridized carbons (Fsp3) is 0.667. The van der Waals surface area contributed by atoms with Crippen molar-refractivity contribution in [2.45, 2.75) is 44.0 Å². The molecule has 30 heavy (non-hydrogen) atoms. The molecule has 12 heteroatoms. The molecule has 168 valence electrons. The van der Waals surface area contributed by atoms with Crippen LogP contribution >= 0.6 is 0 Å². The molecular formula is C18H25F3N4O5. The van der Waals surface area contributed by atoms with Gasteiger partial charge in [-0.1, -0.05) is 0 Å². The van der Waals surface area contributed by atoms with E-state index in [0.29, 0.717) is 13.2 Å². The van der Waals surface area contributed by atoms with Crippen LogP contribution in [0.5, 0.6) is 0 Å². The summed E-state index contributed by atoms with van der Waals surface area (Å²) in [7, 11) is 1.55. The number of aryl methyl sites for hydroxylation is 1. The molecule has 3 rings (SSSR count). The molecule has 3 heterocycles. The first kappa shape index (κ1) is 23.8. The number of methoxy groups -OCH3 is 1. The van der Waals surface area contributed by atoms with E-state index in [4.69, 9.17) is 19.4 Å². The highest BCUT2D eigenvalue weighted by Gasteiger charge is 2.44. The van der Waals surface area contributed by atoms with Crippen LogP contribution in [0.2, 0.25) is 0 Å². The van der Waals surface area contributed by atoms with Gasteiger partial charge in [0.15, 0.2) is 0 Å². The highest BCUT2D eigenvalue weighted by Crippen LogP contribution is 2.35. The maximum Gasteiger partial charge on any atom is 0.490 e. The van der Waals surface area contributed by atoms with E-state index in [1.807, 2.05) is 24.0 Å². The van der Waals surface area contributed by atoms with Gasteiger partial charge in [0, 0.05) is 26.6 Å². The predicted molar refractivity (Wildman–Crippen MR) is 98.9 cm³/mol. The minimum Gasteiger partial charge on any atom is -0.475 e.